The van der Waals surface area contributed by atoms with Crippen molar-refractivity contribution in [2.45, 2.75) is 31.2 Å². The van der Waals surface area contributed by atoms with Crippen LogP contribution in [0.25, 0.3) is 0 Å². The fraction of sp³-hybridized carbons (Fsp3) is 0.409. The molecule has 0 aliphatic carbocycles. The second-order valence-electron chi connectivity index (χ2n) is 7.58. The van der Waals surface area contributed by atoms with E-state index in [-0.39, 0.29) is 17.4 Å². The van der Waals surface area contributed by atoms with Gasteiger partial charge in [0.25, 0.3) is 5.91 Å². The quantitative estimate of drug-likeness (QED) is 0.695. The van der Waals surface area contributed by atoms with Gasteiger partial charge in [-0.15, -0.1) is 0 Å². The van der Waals surface area contributed by atoms with E-state index >= 15 is 0 Å². The molecule has 1 saturated heterocycles. The normalized spacial score (nSPS) is 15.8. The number of likely N-dealkylation sites (N-methyl/N-ethyl adjacent to an activating group) is 1. The highest BCUT2D eigenvalue weighted by atomic mass is 32.2. The lowest BCUT2D eigenvalue weighted by Crippen LogP contribution is -2.37. The Bertz CT molecular complexity index is 906. The smallest absolute Gasteiger partial charge is 0.260 e. The van der Waals surface area contributed by atoms with E-state index in [1.54, 1.807) is 40.5 Å². The summed E-state index contributed by atoms with van der Waals surface area (Å²) in [6.07, 6.45) is 1.78. The van der Waals surface area contributed by atoms with Crippen LogP contribution in [0, 0.1) is 5.92 Å². The van der Waals surface area contributed by atoms with Gasteiger partial charge in [-0.3, -0.25) is 4.79 Å². The Hall–Kier alpha value is -2.38. The molecule has 0 saturated carbocycles. The second kappa shape index (κ2) is 9.41. The molecular weight excluding hydrogens is 388 g/mol. The molecule has 1 aliphatic rings. The van der Waals surface area contributed by atoms with E-state index in [2.05, 4.69) is 6.92 Å². The minimum atomic E-state index is -3.48. The molecule has 1 amide bonds. The van der Waals surface area contributed by atoms with E-state index in [0.717, 1.165) is 18.4 Å². The molecule has 0 N–H and O–H groups in total. The van der Waals surface area contributed by atoms with Gasteiger partial charge in [0, 0.05) is 26.7 Å². The minimum Gasteiger partial charge on any atom is -0.484 e. The molecule has 3 rings (SSSR count). The van der Waals surface area contributed by atoms with Crippen LogP contribution in [0.4, 0.5) is 0 Å². The molecule has 0 bridgehead atoms. The molecule has 29 heavy (non-hydrogen) atoms. The summed E-state index contributed by atoms with van der Waals surface area (Å²) >= 11 is 0. The van der Waals surface area contributed by atoms with Crippen LogP contribution in [0.1, 0.15) is 25.3 Å². The summed E-state index contributed by atoms with van der Waals surface area (Å²) < 4.78 is 32.6. The lowest BCUT2D eigenvalue weighted by molar-refractivity contribution is -0.132. The largest absolute Gasteiger partial charge is 0.484 e. The fourth-order valence-corrected chi connectivity index (χ4v) is 4.75. The molecule has 0 radical (unpaired) electrons. The van der Waals surface area contributed by atoms with E-state index in [0.29, 0.717) is 31.3 Å². The molecule has 0 aromatic heterocycles. The summed E-state index contributed by atoms with van der Waals surface area (Å²) in [5.41, 5.74) is 1.05. The SMILES string of the molecule is CC1CCN(S(=O)(=O)c2ccc(OCC(=O)N(C)Cc3ccccc3)cc2)CC1. The Labute approximate surface area is 173 Å². The molecule has 7 heteroatoms. The summed E-state index contributed by atoms with van der Waals surface area (Å²) in [6.45, 7) is 3.68. The molecule has 2 aromatic carbocycles. The Morgan fingerprint density at radius 1 is 1.07 bits per heavy atom. The first-order chi connectivity index (χ1) is 13.9. The van der Waals surface area contributed by atoms with E-state index in [1.165, 1.54) is 0 Å². The van der Waals surface area contributed by atoms with Crippen molar-refractivity contribution in [2.24, 2.45) is 5.92 Å². The van der Waals surface area contributed by atoms with Gasteiger partial charge in [-0.25, -0.2) is 8.42 Å². The predicted molar refractivity (Wildman–Crippen MR) is 112 cm³/mol. The maximum absolute atomic E-state index is 12.8. The third kappa shape index (κ3) is 5.58. The topological polar surface area (TPSA) is 66.9 Å². The van der Waals surface area contributed by atoms with Crippen molar-refractivity contribution in [3.05, 3.63) is 60.2 Å². The Kier molecular flexibility index (Phi) is 6.92. The summed E-state index contributed by atoms with van der Waals surface area (Å²) in [5, 5.41) is 0. The first-order valence-corrected chi connectivity index (χ1v) is 11.3. The number of hydrogen-bond acceptors (Lipinski definition) is 4. The molecule has 0 spiro atoms. The fourth-order valence-electron chi connectivity index (χ4n) is 3.28. The van der Waals surface area contributed by atoms with Gasteiger partial charge in [0.1, 0.15) is 5.75 Å². The average Bonchev–Trinajstić information content (AvgIpc) is 2.73. The third-order valence-electron chi connectivity index (χ3n) is 5.25. The number of hydrogen-bond donors (Lipinski definition) is 0. The van der Waals surface area contributed by atoms with Gasteiger partial charge >= 0.3 is 0 Å². The Morgan fingerprint density at radius 2 is 1.69 bits per heavy atom. The summed E-state index contributed by atoms with van der Waals surface area (Å²) in [4.78, 5) is 14.1. The Morgan fingerprint density at radius 3 is 2.31 bits per heavy atom. The zero-order valence-corrected chi connectivity index (χ0v) is 17.8. The molecule has 1 heterocycles. The minimum absolute atomic E-state index is 0.0978. The number of nitrogens with zero attached hydrogens (tertiary/aromatic N) is 2. The van der Waals surface area contributed by atoms with Crippen LogP contribution in [0.15, 0.2) is 59.5 Å². The van der Waals surface area contributed by atoms with Crippen LogP contribution in [0.5, 0.6) is 5.75 Å². The third-order valence-corrected chi connectivity index (χ3v) is 7.17. The molecular formula is C22H28N2O4S. The number of carbonyl (C=O) groups is 1. The number of amides is 1. The first kappa shape index (κ1) is 21.3. The number of ether oxygens (including phenoxy) is 1. The summed E-state index contributed by atoms with van der Waals surface area (Å²) in [7, 11) is -1.75. The summed E-state index contributed by atoms with van der Waals surface area (Å²) in [6, 6.07) is 16.0. The highest BCUT2D eigenvalue weighted by molar-refractivity contribution is 7.89. The average molecular weight is 417 g/mol. The number of rotatable bonds is 7. The van der Waals surface area contributed by atoms with Crippen molar-refractivity contribution in [3.63, 3.8) is 0 Å². The highest BCUT2D eigenvalue weighted by Gasteiger charge is 2.27. The monoisotopic (exact) mass is 416 g/mol. The number of sulfonamides is 1. The number of benzene rings is 2. The van der Waals surface area contributed by atoms with Gasteiger partial charge in [0.2, 0.25) is 10.0 Å². The van der Waals surface area contributed by atoms with E-state index in [9.17, 15) is 13.2 Å². The van der Waals surface area contributed by atoms with Gasteiger partial charge < -0.3 is 9.64 Å². The molecule has 1 fully saturated rings. The van der Waals surface area contributed by atoms with Crippen LogP contribution in [0.3, 0.4) is 0 Å². The van der Waals surface area contributed by atoms with Gasteiger partial charge in [-0.1, -0.05) is 37.3 Å². The van der Waals surface area contributed by atoms with E-state index < -0.39 is 10.0 Å². The second-order valence-corrected chi connectivity index (χ2v) is 9.52. The van der Waals surface area contributed by atoms with Crippen LogP contribution in [-0.4, -0.2) is 50.3 Å². The molecule has 1 aliphatic heterocycles. The molecule has 156 valence electrons. The van der Waals surface area contributed by atoms with Crippen molar-refractivity contribution in [1.82, 2.24) is 9.21 Å². The first-order valence-electron chi connectivity index (χ1n) is 9.87. The standard InChI is InChI=1S/C22H28N2O4S/c1-18-12-14-24(15-13-18)29(26,27)21-10-8-20(9-11-21)28-17-22(25)23(2)16-19-6-4-3-5-7-19/h3-11,18H,12-17H2,1-2H3. The zero-order valence-electron chi connectivity index (χ0n) is 17.0. The van der Waals surface area contributed by atoms with Crippen LogP contribution >= 0.6 is 0 Å². The van der Waals surface area contributed by atoms with Crippen molar-refractivity contribution >= 4 is 15.9 Å². The maximum Gasteiger partial charge on any atom is 0.260 e. The van der Waals surface area contributed by atoms with E-state index in [4.69, 9.17) is 4.74 Å². The summed E-state index contributed by atoms with van der Waals surface area (Å²) in [5.74, 6) is 0.889. The van der Waals surface area contributed by atoms with Crippen molar-refractivity contribution in [3.8, 4) is 5.75 Å². The molecule has 6 nitrogen and oxygen atoms in total. The van der Waals surface area contributed by atoms with Crippen LogP contribution < -0.4 is 4.74 Å². The Balaban J connectivity index is 1.54. The number of carbonyl (C=O) groups excluding carboxylic acids is 1. The van der Waals surface area contributed by atoms with Crippen molar-refractivity contribution < 1.29 is 17.9 Å². The van der Waals surface area contributed by atoms with Gasteiger partial charge in [0.05, 0.1) is 4.90 Å². The highest BCUT2D eigenvalue weighted by Crippen LogP contribution is 2.24. The van der Waals surface area contributed by atoms with E-state index in [1.807, 2.05) is 30.3 Å². The lowest BCUT2D eigenvalue weighted by Gasteiger charge is -2.29. The zero-order chi connectivity index (χ0) is 20.9. The molecule has 0 unspecified atom stereocenters. The van der Waals surface area contributed by atoms with Gasteiger partial charge in [-0.05, 0) is 48.6 Å². The lowest BCUT2D eigenvalue weighted by atomic mass is 10.0. The molecule has 2 aromatic rings. The van der Waals surface area contributed by atoms with Gasteiger partial charge in [0.15, 0.2) is 6.61 Å². The predicted octanol–water partition coefficient (Wildman–Crippen LogP) is 3.14. The van der Waals surface area contributed by atoms with Crippen molar-refractivity contribution in [2.75, 3.05) is 26.7 Å². The van der Waals surface area contributed by atoms with Gasteiger partial charge in [-0.2, -0.15) is 4.31 Å². The van der Waals surface area contributed by atoms with Crippen molar-refractivity contribution in [1.29, 1.82) is 0 Å². The number of piperidine rings is 1. The molecule has 0 atom stereocenters. The van der Waals surface area contributed by atoms with Crippen LogP contribution in [-0.2, 0) is 21.4 Å². The maximum atomic E-state index is 12.8. The van der Waals surface area contributed by atoms with Crippen LogP contribution in [0.2, 0.25) is 0 Å².